The van der Waals surface area contributed by atoms with Gasteiger partial charge in [-0.25, -0.2) is 0 Å². The molecule has 0 aromatic heterocycles. The number of benzene rings is 3. The first kappa shape index (κ1) is 37.9. The first-order valence-electron chi connectivity index (χ1n) is 17.1. The van der Waals surface area contributed by atoms with Gasteiger partial charge in [-0.05, 0) is 53.8 Å². The first-order valence-corrected chi connectivity index (χ1v) is 17.1. The number of hydrogen-bond acceptors (Lipinski definition) is 8. The maximum atomic E-state index is 13.7. The van der Waals surface area contributed by atoms with Crippen LogP contribution in [0.4, 0.5) is 0 Å². The van der Waals surface area contributed by atoms with Crippen molar-refractivity contribution in [3.05, 3.63) is 95.6 Å². The number of methoxy groups -OCH3 is 2. The van der Waals surface area contributed by atoms with E-state index in [0.29, 0.717) is 37.3 Å². The minimum Gasteiger partial charge on any atom is -0.497 e. The minimum atomic E-state index is -1.08. The summed E-state index contributed by atoms with van der Waals surface area (Å²) in [5, 5.41) is 5.30. The molecule has 1 fully saturated rings. The zero-order valence-corrected chi connectivity index (χ0v) is 29.4. The highest BCUT2D eigenvalue weighted by Gasteiger charge is 2.42. The van der Waals surface area contributed by atoms with Crippen molar-refractivity contribution >= 4 is 23.7 Å². The molecular weight excluding hydrogens is 638 g/mol. The van der Waals surface area contributed by atoms with Crippen molar-refractivity contribution in [1.82, 2.24) is 15.5 Å². The van der Waals surface area contributed by atoms with Crippen LogP contribution < -0.4 is 20.1 Å². The molecule has 11 heteroatoms. The average Bonchev–Trinajstić information content (AvgIpc) is 3.55. The fraction of sp³-hybridized carbons (Fsp3) is 0.436. The van der Waals surface area contributed by atoms with Gasteiger partial charge in [0.25, 0.3) is 0 Å². The predicted molar refractivity (Wildman–Crippen MR) is 189 cm³/mol. The lowest BCUT2D eigenvalue weighted by Gasteiger charge is -2.38. The zero-order chi connectivity index (χ0) is 35.9. The summed E-state index contributed by atoms with van der Waals surface area (Å²) < 4.78 is 23.8. The van der Waals surface area contributed by atoms with Crippen molar-refractivity contribution in [2.45, 2.75) is 69.6 Å². The Morgan fingerprint density at radius 2 is 1.38 bits per heavy atom. The van der Waals surface area contributed by atoms with Gasteiger partial charge in [0.15, 0.2) is 0 Å². The lowest BCUT2D eigenvalue weighted by molar-refractivity contribution is -0.150. The molecule has 1 heterocycles. The van der Waals surface area contributed by atoms with E-state index in [1.54, 1.807) is 19.1 Å². The van der Waals surface area contributed by atoms with Crippen molar-refractivity contribution < 1.29 is 38.1 Å². The van der Waals surface area contributed by atoms with Gasteiger partial charge in [-0.15, -0.1) is 0 Å². The Balaban J connectivity index is 1.63. The highest BCUT2D eigenvalue weighted by atomic mass is 16.5. The third-order valence-corrected chi connectivity index (χ3v) is 8.94. The van der Waals surface area contributed by atoms with E-state index in [1.165, 1.54) is 14.0 Å². The Hall–Kier alpha value is -4.90. The second-order valence-electron chi connectivity index (χ2n) is 12.3. The molecule has 2 N–H and O–H groups in total. The van der Waals surface area contributed by atoms with Gasteiger partial charge in [-0.3, -0.25) is 19.2 Å². The summed E-state index contributed by atoms with van der Waals surface area (Å²) in [6.45, 7) is 2.42. The Labute approximate surface area is 294 Å². The molecule has 1 aliphatic heterocycles. The molecular formula is C39H49N3O8. The average molecular weight is 688 g/mol. The maximum absolute atomic E-state index is 13.7. The van der Waals surface area contributed by atoms with Crippen molar-refractivity contribution in [3.8, 4) is 11.5 Å². The summed E-state index contributed by atoms with van der Waals surface area (Å²) in [5.41, 5.74) is 1.53. The van der Waals surface area contributed by atoms with Crippen LogP contribution in [0, 0.1) is 0 Å². The van der Waals surface area contributed by atoms with E-state index in [2.05, 4.69) is 10.6 Å². The van der Waals surface area contributed by atoms with Crippen LogP contribution >= 0.6 is 0 Å². The molecule has 0 saturated carbocycles. The summed E-state index contributed by atoms with van der Waals surface area (Å²) in [5.74, 6) is 0.547. The molecule has 2 atom stereocenters. The fourth-order valence-corrected chi connectivity index (χ4v) is 6.29. The van der Waals surface area contributed by atoms with Crippen molar-refractivity contribution in [1.29, 1.82) is 0 Å². The number of rotatable bonds is 18. The molecule has 0 aliphatic carbocycles. The standard InChI is InChI=1S/C39H49N3O8/c1-28(43)41-24-10-6-9-13-37(45)42-26-35(50-38(46)23-22-36(44)40-2)25-32(42)27-49-39(29-11-7-5-8-12-29,30-14-18-33(47-3)19-15-30)31-16-20-34(48-4)21-17-31/h5,7-8,11-12,14-21,32,35H,6,9-10,13,22-27H2,1-4H3,(H,40,44)(H,41,43)/t32?,35-/m1/s1. The van der Waals surface area contributed by atoms with Crippen LogP contribution in [0.5, 0.6) is 11.5 Å². The molecule has 3 amide bonds. The lowest BCUT2D eigenvalue weighted by Crippen LogP contribution is -2.42. The molecule has 1 aliphatic rings. The number of unbranched alkanes of at least 4 members (excludes halogenated alkanes) is 2. The van der Waals surface area contributed by atoms with Crippen molar-refractivity contribution in [3.63, 3.8) is 0 Å². The molecule has 3 aromatic rings. The molecule has 3 aromatic carbocycles. The summed E-state index contributed by atoms with van der Waals surface area (Å²) in [4.78, 5) is 51.1. The topological polar surface area (TPSA) is 132 Å². The summed E-state index contributed by atoms with van der Waals surface area (Å²) in [6, 6.07) is 25.0. The van der Waals surface area contributed by atoms with Gasteiger partial charge in [0.05, 0.1) is 39.8 Å². The number of carbonyl (C=O) groups excluding carboxylic acids is 4. The molecule has 268 valence electrons. The van der Waals surface area contributed by atoms with E-state index in [4.69, 9.17) is 18.9 Å². The van der Waals surface area contributed by atoms with E-state index in [9.17, 15) is 19.2 Å². The number of nitrogens with one attached hydrogen (secondary N) is 2. The third kappa shape index (κ3) is 10.1. The van der Waals surface area contributed by atoms with E-state index < -0.39 is 23.7 Å². The molecule has 0 spiro atoms. The molecule has 1 unspecified atom stereocenters. The number of ether oxygens (including phenoxy) is 4. The largest absolute Gasteiger partial charge is 0.497 e. The van der Waals surface area contributed by atoms with E-state index in [0.717, 1.165) is 29.5 Å². The van der Waals surface area contributed by atoms with Crippen LogP contribution in [0.25, 0.3) is 0 Å². The molecule has 0 bridgehead atoms. The van der Waals surface area contributed by atoms with E-state index >= 15 is 0 Å². The van der Waals surface area contributed by atoms with Crippen molar-refractivity contribution in [2.24, 2.45) is 0 Å². The second kappa shape index (κ2) is 18.7. The van der Waals surface area contributed by atoms with E-state index in [1.807, 2.05) is 78.9 Å². The quantitative estimate of drug-likeness (QED) is 0.111. The highest BCUT2D eigenvalue weighted by molar-refractivity contribution is 5.81. The van der Waals surface area contributed by atoms with Gasteiger partial charge in [0.2, 0.25) is 17.7 Å². The number of likely N-dealkylation sites (tertiary alicyclic amines) is 1. The van der Waals surface area contributed by atoms with Gasteiger partial charge in [-0.2, -0.15) is 0 Å². The fourth-order valence-electron chi connectivity index (χ4n) is 6.29. The monoisotopic (exact) mass is 687 g/mol. The molecule has 1 saturated heterocycles. The number of esters is 1. The maximum Gasteiger partial charge on any atom is 0.306 e. The predicted octanol–water partition coefficient (Wildman–Crippen LogP) is 4.75. The van der Waals surface area contributed by atoms with Crippen LogP contribution in [-0.2, 0) is 34.3 Å². The Morgan fingerprint density at radius 1 is 0.780 bits per heavy atom. The third-order valence-electron chi connectivity index (χ3n) is 8.94. The Kier molecular flexibility index (Phi) is 14.2. The SMILES string of the molecule is CNC(=O)CCC(=O)O[C@@H]1CC(COC(c2ccccc2)(c2ccc(OC)cc2)c2ccc(OC)cc2)N(C(=O)CCCCCNC(C)=O)C1. The number of nitrogens with zero attached hydrogens (tertiary/aromatic N) is 1. The number of hydrogen-bond donors (Lipinski definition) is 2. The van der Waals surface area contributed by atoms with Gasteiger partial charge in [0.1, 0.15) is 23.2 Å². The second-order valence-corrected chi connectivity index (χ2v) is 12.3. The van der Waals surface area contributed by atoms with Crippen LogP contribution in [0.2, 0.25) is 0 Å². The lowest BCUT2D eigenvalue weighted by atomic mass is 9.80. The first-order chi connectivity index (χ1) is 24.2. The normalized spacial score (nSPS) is 15.6. The van der Waals surface area contributed by atoms with Crippen LogP contribution in [0.15, 0.2) is 78.9 Å². The summed E-state index contributed by atoms with van der Waals surface area (Å²) >= 11 is 0. The Bertz CT molecular complexity index is 1500. The molecule has 4 rings (SSSR count). The smallest absolute Gasteiger partial charge is 0.306 e. The van der Waals surface area contributed by atoms with Gasteiger partial charge >= 0.3 is 5.97 Å². The minimum absolute atomic E-state index is 0.0268. The molecule has 0 radical (unpaired) electrons. The Morgan fingerprint density at radius 3 is 1.94 bits per heavy atom. The van der Waals surface area contributed by atoms with Crippen LogP contribution in [-0.4, -0.2) is 81.7 Å². The highest BCUT2D eigenvalue weighted by Crippen LogP contribution is 2.42. The molecule has 11 nitrogen and oxygen atoms in total. The van der Waals surface area contributed by atoms with Gasteiger partial charge in [0, 0.05) is 39.8 Å². The molecule has 50 heavy (non-hydrogen) atoms. The zero-order valence-electron chi connectivity index (χ0n) is 29.4. The summed E-state index contributed by atoms with van der Waals surface area (Å²) in [6.07, 6.45) is 2.34. The van der Waals surface area contributed by atoms with Crippen LogP contribution in [0.3, 0.4) is 0 Å². The number of amides is 3. The summed E-state index contributed by atoms with van der Waals surface area (Å²) in [7, 11) is 4.76. The van der Waals surface area contributed by atoms with Crippen molar-refractivity contribution in [2.75, 3.05) is 41.0 Å². The number of carbonyl (C=O) groups is 4. The van der Waals surface area contributed by atoms with Gasteiger partial charge < -0.3 is 34.5 Å². The van der Waals surface area contributed by atoms with Crippen LogP contribution in [0.1, 0.15) is 68.6 Å². The van der Waals surface area contributed by atoms with E-state index in [-0.39, 0.29) is 43.7 Å². The van der Waals surface area contributed by atoms with Gasteiger partial charge in [-0.1, -0.05) is 61.0 Å².